The van der Waals surface area contributed by atoms with Gasteiger partial charge in [0.05, 0.1) is 23.5 Å². The van der Waals surface area contributed by atoms with Crippen molar-refractivity contribution in [3.8, 4) is 0 Å². The highest BCUT2D eigenvalue weighted by atomic mass is 16.5. The van der Waals surface area contributed by atoms with Crippen molar-refractivity contribution in [2.45, 2.75) is 33.7 Å². The molecule has 0 aliphatic heterocycles. The number of carbonyl (C=O) groups excluding carboxylic acids is 1. The molecule has 0 spiro atoms. The van der Waals surface area contributed by atoms with Crippen molar-refractivity contribution in [2.24, 2.45) is 0 Å². The Morgan fingerprint density at radius 2 is 2.17 bits per heavy atom. The van der Waals surface area contributed by atoms with Crippen molar-refractivity contribution in [3.05, 3.63) is 34.5 Å². The van der Waals surface area contributed by atoms with Crippen LogP contribution in [0.1, 0.15) is 46.0 Å². The zero-order valence-corrected chi connectivity index (χ0v) is 10.9. The van der Waals surface area contributed by atoms with Crippen LogP contribution in [0.3, 0.4) is 0 Å². The molecule has 0 radical (unpaired) electrons. The van der Waals surface area contributed by atoms with Gasteiger partial charge in [-0.25, -0.2) is 0 Å². The molecule has 0 aliphatic rings. The summed E-state index contributed by atoms with van der Waals surface area (Å²) in [5.41, 5.74) is 3.01. The Balaban J connectivity index is 2.16. The highest BCUT2D eigenvalue weighted by molar-refractivity contribution is 5.95. The van der Waals surface area contributed by atoms with Crippen molar-refractivity contribution >= 4 is 5.91 Å². The zero-order chi connectivity index (χ0) is 13.3. The molecule has 0 saturated carbocycles. The van der Waals surface area contributed by atoms with Gasteiger partial charge in [-0.2, -0.15) is 5.10 Å². The molecular formula is C12H16N4O2. The molecule has 0 saturated heterocycles. The standard InChI is InChI=1S/C12H16N4O2/c1-6-10(5-13-15-6)12(17)14-7(2)11-8(3)16-18-9(11)4/h5,7H,1-4H3,(H,13,15)(H,14,17). The minimum Gasteiger partial charge on any atom is -0.361 e. The topological polar surface area (TPSA) is 83.8 Å². The zero-order valence-electron chi connectivity index (χ0n) is 10.9. The molecule has 1 unspecified atom stereocenters. The predicted molar refractivity (Wildman–Crippen MR) is 65.2 cm³/mol. The monoisotopic (exact) mass is 248 g/mol. The van der Waals surface area contributed by atoms with Gasteiger partial charge in [0.1, 0.15) is 5.76 Å². The average Bonchev–Trinajstić information content (AvgIpc) is 2.85. The second-order valence-corrected chi connectivity index (χ2v) is 4.34. The molecule has 2 heterocycles. The molecule has 0 fully saturated rings. The highest BCUT2D eigenvalue weighted by Gasteiger charge is 2.20. The van der Waals surface area contributed by atoms with E-state index in [0.29, 0.717) is 5.56 Å². The van der Waals surface area contributed by atoms with Crippen LogP contribution in [0.5, 0.6) is 0 Å². The fraction of sp³-hybridized carbons (Fsp3) is 0.417. The Hall–Kier alpha value is -2.11. The van der Waals surface area contributed by atoms with E-state index in [4.69, 9.17) is 4.52 Å². The van der Waals surface area contributed by atoms with Gasteiger partial charge < -0.3 is 9.84 Å². The van der Waals surface area contributed by atoms with Gasteiger partial charge in [-0.1, -0.05) is 5.16 Å². The van der Waals surface area contributed by atoms with Crippen molar-refractivity contribution in [3.63, 3.8) is 0 Å². The third-order valence-electron chi connectivity index (χ3n) is 2.94. The number of hydrogen-bond acceptors (Lipinski definition) is 4. The molecule has 2 aromatic rings. The Morgan fingerprint density at radius 1 is 1.44 bits per heavy atom. The maximum Gasteiger partial charge on any atom is 0.255 e. The fourth-order valence-electron chi connectivity index (χ4n) is 2.03. The van der Waals surface area contributed by atoms with Crippen LogP contribution in [0, 0.1) is 20.8 Å². The van der Waals surface area contributed by atoms with E-state index in [0.717, 1.165) is 22.7 Å². The Labute approximate surface area is 105 Å². The van der Waals surface area contributed by atoms with Crippen LogP contribution in [0.2, 0.25) is 0 Å². The lowest BCUT2D eigenvalue weighted by molar-refractivity contribution is 0.0939. The summed E-state index contributed by atoms with van der Waals surface area (Å²) < 4.78 is 5.09. The molecule has 1 amide bonds. The smallest absolute Gasteiger partial charge is 0.255 e. The third-order valence-corrected chi connectivity index (χ3v) is 2.94. The van der Waals surface area contributed by atoms with Crippen molar-refractivity contribution in [1.29, 1.82) is 0 Å². The molecular weight excluding hydrogens is 232 g/mol. The van der Waals surface area contributed by atoms with E-state index in [1.54, 1.807) is 0 Å². The third kappa shape index (κ3) is 2.13. The molecule has 6 nitrogen and oxygen atoms in total. The van der Waals surface area contributed by atoms with E-state index >= 15 is 0 Å². The van der Waals surface area contributed by atoms with Gasteiger partial charge in [0.15, 0.2) is 0 Å². The number of nitrogens with one attached hydrogen (secondary N) is 2. The molecule has 0 aliphatic carbocycles. The van der Waals surface area contributed by atoms with E-state index in [1.165, 1.54) is 6.20 Å². The lowest BCUT2D eigenvalue weighted by Crippen LogP contribution is -2.27. The van der Waals surface area contributed by atoms with Crippen molar-refractivity contribution in [2.75, 3.05) is 0 Å². The van der Waals surface area contributed by atoms with Crippen molar-refractivity contribution in [1.82, 2.24) is 20.7 Å². The number of H-pyrrole nitrogens is 1. The molecule has 18 heavy (non-hydrogen) atoms. The summed E-state index contributed by atoms with van der Waals surface area (Å²) in [5.74, 6) is 0.568. The van der Waals surface area contributed by atoms with Crippen LogP contribution < -0.4 is 5.32 Å². The maximum atomic E-state index is 12.0. The summed E-state index contributed by atoms with van der Waals surface area (Å²) in [4.78, 5) is 12.0. The molecule has 2 aromatic heterocycles. The van der Waals surface area contributed by atoms with Gasteiger partial charge in [-0.05, 0) is 27.7 Å². The normalized spacial score (nSPS) is 12.4. The van der Waals surface area contributed by atoms with E-state index in [-0.39, 0.29) is 11.9 Å². The summed E-state index contributed by atoms with van der Waals surface area (Å²) >= 11 is 0. The molecule has 96 valence electrons. The first kappa shape index (κ1) is 12.3. The largest absolute Gasteiger partial charge is 0.361 e. The number of hydrogen-bond donors (Lipinski definition) is 2. The molecule has 6 heteroatoms. The first-order chi connectivity index (χ1) is 8.50. The van der Waals surface area contributed by atoms with E-state index in [9.17, 15) is 4.79 Å². The molecule has 2 N–H and O–H groups in total. The van der Waals surface area contributed by atoms with Crippen LogP contribution in [-0.4, -0.2) is 21.3 Å². The minimum atomic E-state index is -0.159. The number of rotatable bonds is 3. The lowest BCUT2D eigenvalue weighted by Gasteiger charge is -2.13. The minimum absolute atomic E-state index is 0.155. The maximum absolute atomic E-state index is 12.0. The number of aromatic nitrogens is 3. The van der Waals surface area contributed by atoms with Gasteiger partial charge in [-0.3, -0.25) is 9.89 Å². The highest BCUT2D eigenvalue weighted by Crippen LogP contribution is 2.21. The van der Waals surface area contributed by atoms with Crippen molar-refractivity contribution < 1.29 is 9.32 Å². The van der Waals surface area contributed by atoms with Crippen LogP contribution >= 0.6 is 0 Å². The first-order valence-electron chi connectivity index (χ1n) is 5.74. The second kappa shape index (κ2) is 4.64. The molecule has 0 bridgehead atoms. The number of carbonyl (C=O) groups is 1. The summed E-state index contributed by atoms with van der Waals surface area (Å²) in [6.07, 6.45) is 1.52. The van der Waals surface area contributed by atoms with Gasteiger partial charge in [0.25, 0.3) is 5.91 Å². The van der Waals surface area contributed by atoms with Gasteiger partial charge in [0.2, 0.25) is 0 Å². The Kier molecular flexibility index (Phi) is 3.18. The van der Waals surface area contributed by atoms with Crippen LogP contribution in [0.15, 0.2) is 10.7 Å². The van der Waals surface area contributed by atoms with Gasteiger partial charge >= 0.3 is 0 Å². The summed E-state index contributed by atoms with van der Waals surface area (Å²) in [6, 6.07) is -0.155. The summed E-state index contributed by atoms with van der Waals surface area (Å²) in [5, 5.41) is 13.4. The van der Waals surface area contributed by atoms with Crippen LogP contribution in [0.4, 0.5) is 0 Å². The number of nitrogens with zero attached hydrogens (tertiary/aromatic N) is 2. The molecule has 0 aromatic carbocycles. The van der Waals surface area contributed by atoms with E-state index in [1.807, 2.05) is 27.7 Å². The Bertz CT molecular complexity index is 551. The van der Waals surface area contributed by atoms with E-state index in [2.05, 4.69) is 20.7 Å². The number of aromatic amines is 1. The quantitative estimate of drug-likeness (QED) is 0.867. The fourth-order valence-corrected chi connectivity index (χ4v) is 2.03. The number of aryl methyl sites for hydroxylation is 3. The van der Waals surface area contributed by atoms with Crippen LogP contribution in [0.25, 0.3) is 0 Å². The summed E-state index contributed by atoms with van der Waals surface area (Å²) in [6.45, 7) is 7.40. The molecule has 1 atom stereocenters. The van der Waals surface area contributed by atoms with Crippen LogP contribution in [-0.2, 0) is 0 Å². The summed E-state index contributed by atoms with van der Waals surface area (Å²) in [7, 11) is 0. The van der Waals surface area contributed by atoms with Gasteiger partial charge in [0, 0.05) is 11.3 Å². The van der Waals surface area contributed by atoms with Gasteiger partial charge in [-0.15, -0.1) is 0 Å². The first-order valence-corrected chi connectivity index (χ1v) is 5.74. The number of amides is 1. The average molecular weight is 248 g/mol. The Morgan fingerprint density at radius 3 is 2.67 bits per heavy atom. The second-order valence-electron chi connectivity index (χ2n) is 4.34. The SMILES string of the molecule is Cc1noc(C)c1C(C)NC(=O)c1cn[nH]c1C. The molecule has 2 rings (SSSR count). The van der Waals surface area contributed by atoms with E-state index < -0.39 is 0 Å². The predicted octanol–water partition coefficient (Wildman–Crippen LogP) is 1.81. The lowest BCUT2D eigenvalue weighted by atomic mass is 10.1.